The number of hydrogen-bond donors (Lipinski definition) is 3. The van der Waals surface area contributed by atoms with Gasteiger partial charge in [0.1, 0.15) is 5.49 Å². The summed E-state index contributed by atoms with van der Waals surface area (Å²) >= 11 is 0. The van der Waals surface area contributed by atoms with Crippen LogP contribution >= 0.6 is 0 Å². The number of hydrogen-bond acceptors (Lipinski definition) is 5. The summed E-state index contributed by atoms with van der Waals surface area (Å²) in [6.07, 6.45) is 1.77. The third kappa shape index (κ3) is 5.43. The molecule has 1 aliphatic heterocycles. The summed E-state index contributed by atoms with van der Waals surface area (Å²) in [5, 5.41) is 10.4. The lowest BCUT2D eigenvalue weighted by Crippen LogP contribution is -2.39. The van der Waals surface area contributed by atoms with Crippen LogP contribution in [0.15, 0.2) is 47.5 Å². The van der Waals surface area contributed by atoms with Crippen molar-refractivity contribution in [2.45, 2.75) is 19.4 Å². The van der Waals surface area contributed by atoms with E-state index in [9.17, 15) is 13.2 Å². The van der Waals surface area contributed by atoms with Crippen molar-refractivity contribution in [1.82, 2.24) is 15.2 Å². The van der Waals surface area contributed by atoms with Crippen LogP contribution in [0.4, 0.5) is 0 Å². The average Bonchev–Trinajstić information content (AvgIpc) is 3.56. The second-order valence-corrected chi connectivity index (χ2v) is 10.1. The Morgan fingerprint density at radius 2 is 1.83 bits per heavy atom. The molecule has 2 aromatic rings. The van der Waals surface area contributed by atoms with Crippen molar-refractivity contribution < 1.29 is 13.2 Å². The van der Waals surface area contributed by atoms with Crippen LogP contribution in [0.5, 0.6) is 0 Å². The predicted molar refractivity (Wildman–Crippen MR) is 114 cm³/mol. The Balaban J connectivity index is 1.41. The second kappa shape index (κ2) is 8.53. The largest absolute Gasteiger partial charge is 0.340 e. The molecule has 1 amide bonds. The maximum Gasteiger partial charge on any atom is 0.229 e. The molecule has 0 spiro atoms. The molecule has 0 unspecified atom stereocenters. The molecular weight excluding hydrogens is 402 g/mol. The monoisotopic (exact) mass is 427 g/mol. The van der Waals surface area contributed by atoms with Gasteiger partial charge in [0.2, 0.25) is 11.9 Å². The van der Waals surface area contributed by atoms with Crippen LogP contribution in [0.3, 0.4) is 0 Å². The minimum atomic E-state index is -2.86. The van der Waals surface area contributed by atoms with E-state index < -0.39 is 9.84 Å². The smallest absolute Gasteiger partial charge is 0.229 e. The van der Waals surface area contributed by atoms with Crippen molar-refractivity contribution in [2.24, 2.45) is 10.9 Å². The lowest BCUT2D eigenvalue weighted by molar-refractivity contribution is -0.120. The number of rotatable bonds is 4. The molecule has 2 aliphatic rings. The Kier molecular flexibility index (Phi) is 5.83. The quantitative estimate of drug-likeness (QED) is 0.503. The first kappa shape index (κ1) is 20.5. The number of aromatic nitrogens is 1. The summed E-state index contributed by atoms with van der Waals surface area (Å²) in [6.45, 7) is 1.88. The lowest BCUT2D eigenvalue weighted by atomic mass is 10.1. The molecule has 1 aromatic heterocycles. The summed E-state index contributed by atoms with van der Waals surface area (Å²) in [6, 6.07) is 13.6. The van der Waals surface area contributed by atoms with E-state index in [4.69, 9.17) is 5.41 Å². The van der Waals surface area contributed by atoms with Gasteiger partial charge in [0, 0.05) is 31.2 Å². The summed E-state index contributed by atoms with van der Waals surface area (Å²) < 4.78 is 23.1. The van der Waals surface area contributed by atoms with E-state index in [-0.39, 0.29) is 29.3 Å². The summed E-state index contributed by atoms with van der Waals surface area (Å²) in [4.78, 5) is 21.2. The van der Waals surface area contributed by atoms with Gasteiger partial charge in [-0.3, -0.25) is 20.4 Å². The molecule has 1 aliphatic carbocycles. The maximum atomic E-state index is 11.7. The molecule has 0 bridgehead atoms. The molecule has 158 valence electrons. The van der Waals surface area contributed by atoms with Crippen LogP contribution in [-0.4, -0.2) is 54.8 Å². The number of carbonyl (C=O) groups is 1. The van der Waals surface area contributed by atoms with Crippen molar-refractivity contribution >= 4 is 21.7 Å². The molecule has 3 N–H and O–H groups in total. The van der Waals surface area contributed by atoms with Gasteiger partial charge < -0.3 is 4.98 Å². The number of sulfone groups is 1. The van der Waals surface area contributed by atoms with Crippen LogP contribution in [0.1, 0.15) is 18.4 Å². The molecule has 0 radical (unpaired) electrons. The van der Waals surface area contributed by atoms with Gasteiger partial charge in [0.05, 0.1) is 11.5 Å². The van der Waals surface area contributed by atoms with E-state index in [0.717, 1.165) is 36.2 Å². The van der Waals surface area contributed by atoms with Crippen molar-refractivity contribution in [2.75, 3.05) is 24.6 Å². The van der Waals surface area contributed by atoms with E-state index in [2.05, 4.69) is 20.2 Å². The van der Waals surface area contributed by atoms with E-state index in [1.165, 1.54) is 0 Å². The van der Waals surface area contributed by atoms with E-state index in [0.29, 0.717) is 18.6 Å². The zero-order valence-corrected chi connectivity index (χ0v) is 17.4. The number of pyridine rings is 1. The number of nitrogens with one attached hydrogen (secondary N) is 3. The number of aromatic amines is 1. The fourth-order valence-electron chi connectivity index (χ4n) is 3.36. The third-order valence-electron chi connectivity index (χ3n) is 5.31. The Hall–Kier alpha value is -2.78. The number of nitrogens with zero attached hydrogens (tertiary/aromatic N) is 2. The first-order valence-corrected chi connectivity index (χ1v) is 11.9. The normalized spacial score (nSPS) is 19.4. The zero-order valence-electron chi connectivity index (χ0n) is 16.6. The van der Waals surface area contributed by atoms with Crippen molar-refractivity contribution in [3.8, 4) is 11.3 Å². The van der Waals surface area contributed by atoms with Crippen LogP contribution in [0, 0.1) is 11.3 Å². The Morgan fingerprint density at radius 3 is 2.50 bits per heavy atom. The molecule has 1 saturated heterocycles. The van der Waals surface area contributed by atoms with Crippen molar-refractivity contribution in [1.29, 1.82) is 5.41 Å². The topological polar surface area (TPSA) is 118 Å². The van der Waals surface area contributed by atoms with Gasteiger partial charge >= 0.3 is 0 Å². The molecule has 8 nitrogen and oxygen atoms in total. The Morgan fingerprint density at radius 1 is 1.13 bits per heavy atom. The molecule has 1 aromatic carbocycles. The molecule has 30 heavy (non-hydrogen) atoms. The fraction of sp³-hybridized carbons (Fsp3) is 0.381. The molecule has 0 atom stereocenters. The summed E-state index contributed by atoms with van der Waals surface area (Å²) in [5.41, 5.74) is 3.45. The predicted octanol–water partition coefficient (Wildman–Crippen LogP) is 1.27. The lowest BCUT2D eigenvalue weighted by Gasteiger charge is -2.26. The molecule has 1 saturated carbocycles. The highest BCUT2D eigenvalue weighted by Gasteiger charge is 2.30. The first-order valence-electron chi connectivity index (χ1n) is 10.0. The van der Waals surface area contributed by atoms with Crippen molar-refractivity contribution in [3.05, 3.63) is 53.5 Å². The van der Waals surface area contributed by atoms with Gasteiger partial charge in [0.15, 0.2) is 9.84 Å². The van der Waals surface area contributed by atoms with Crippen molar-refractivity contribution in [3.63, 3.8) is 0 Å². The van der Waals surface area contributed by atoms with E-state index in [1.54, 1.807) is 6.07 Å². The van der Waals surface area contributed by atoms with Crippen LogP contribution in [0.25, 0.3) is 11.3 Å². The number of benzene rings is 1. The second-order valence-electron chi connectivity index (χ2n) is 7.80. The SMILES string of the molecule is N=C(/N=c1/cccc(-c2ccc(CN3CCS(=O)(=O)CC3)cc2)[nH]1)NC(=O)C1CC1. The summed E-state index contributed by atoms with van der Waals surface area (Å²) in [7, 11) is -2.86. The van der Waals surface area contributed by atoms with E-state index in [1.807, 2.05) is 36.4 Å². The Labute approximate surface area is 175 Å². The standard InChI is InChI=1S/C21H25N5O3S/c22-21(25-20(27)17-8-9-17)24-19-3-1-2-18(23-19)16-6-4-15(5-7-16)14-26-10-12-30(28,29)13-11-26/h1-7,17H,8-14H2,(H3,22,23,24,25,27). The van der Waals surface area contributed by atoms with Crippen LogP contribution < -0.4 is 10.8 Å². The number of H-pyrrole nitrogens is 1. The third-order valence-corrected chi connectivity index (χ3v) is 6.92. The number of guanidine groups is 1. The van der Waals surface area contributed by atoms with Gasteiger partial charge in [-0.1, -0.05) is 30.3 Å². The average molecular weight is 428 g/mol. The highest BCUT2D eigenvalue weighted by Crippen LogP contribution is 2.28. The molecule has 2 fully saturated rings. The van der Waals surface area contributed by atoms with Gasteiger partial charge in [0.25, 0.3) is 0 Å². The summed E-state index contributed by atoms with van der Waals surface area (Å²) in [5.74, 6) is 0.184. The zero-order chi connectivity index (χ0) is 21.1. The number of amides is 1. The first-order chi connectivity index (χ1) is 14.4. The molecule has 2 heterocycles. The van der Waals surface area contributed by atoms with E-state index >= 15 is 0 Å². The van der Waals surface area contributed by atoms with Gasteiger partial charge in [-0.25, -0.2) is 8.42 Å². The van der Waals surface area contributed by atoms with Crippen LogP contribution in [-0.2, 0) is 21.2 Å². The number of carbonyl (C=O) groups excluding carboxylic acids is 1. The minimum Gasteiger partial charge on any atom is -0.340 e. The van der Waals surface area contributed by atoms with Gasteiger partial charge in [-0.05, 0) is 36.1 Å². The molecule has 9 heteroatoms. The van der Waals surface area contributed by atoms with Gasteiger partial charge in [-0.2, -0.15) is 4.99 Å². The Bertz CT molecular complexity index is 1100. The maximum absolute atomic E-state index is 11.7. The van der Waals surface area contributed by atoms with Gasteiger partial charge in [-0.15, -0.1) is 0 Å². The van der Waals surface area contributed by atoms with Crippen LogP contribution in [0.2, 0.25) is 0 Å². The minimum absolute atomic E-state index is 0.0312. The molecular formula is C21H25N5O3S. The highest BCUT2D eigenvalue weighted by atomic mass is 32.2. The fourth-order valence-corrected chi connectivity index (χ4v) is 4.64. The highest BCUT2D eigenvalue weighted by molar-refractivity contribution is 7.91. The molecule has 4 rings (SSSR count).